The van der Waals surface area contributed by atoms with E-state index in [1.807, 2.05) is 0 Å². The normalized spacial score (nSPS) is 11.4. The molecule has 20 heavy (non-hydrogen) atoms. The lowest BCUT2D eigenvalue weighted by atomic mass is 10.3. The van der Waals surface area contributed by atoms with Crippen LogP contribution in [-0.4, -0.2) is 29.0 Å². The minimum Gasteiger partial charge on any atom is -0.477 e. The van der Waals surface area contributed by atoms with Crippen molar-refractivity contribution < 1.29 is 18.3 Å². The SMILES string of the molecule is Cn1cc(S(=O)(=O)NCc2cccnc2)cc1C(=O)O. The lowest BCUT2D eigenvalue weighted by molar-refractivity contribution is 0.0686. The summed E-state index contributed by atoms with van der Waals surface area (Å²) in [4.78, 5) is 14.7. The van der Waals surface area contributed by atoms with Crippen molar-refractivity contribution in [2.24, 2.45) is 7.05 Å². The summed E-state index contributed by atoms with van der Waals surface area (Å²) < 4.78 is 27.8. The Morgan fingerprint density at radius 3 is 2.80 bits per heavy atom. The Kier molecular flexibility index (Phi) is 3.86. The summed E-state index contributed by atoms with van der Waals surface area (Å²) in [5, 5.41) is 8.91. The van der Waals surface area contributed by atoms with Gasteiger partial charge in [-0.3, -0.25) is 4.98 Å². The van der Waals surface area contributed by atoms with E-state index in [9.17, 15) is 13.2 Å². The first-order valence-corrected chi connectivity index (χ1v) is 7.17. The Labute approximate surface area is 115 Å². The van der Waals surface area contributed by atoms with Crippen molar-refractivity contribution in [3.05, 3.63) is 48.0 Å². The van der Waals surface area contributed by atoms with Gasteiger partial charge in [0.05, 0.1) is 0 Å². The summed E-state index contributed by atoms with van der Waals surface area (Å²) in [5.41, 5.74) is 0.622. The maximum atomic E-state index is 12.1. The highest BCUT2D eigenvalue weighted by atomic mass is 32.2. The van der Waals surface area contributed by atoms with E-state index in [0.29, 0.717) is 5.56 Å². The molecule has 0 spiro atoms. The Balaban J connectivity index is 2.18. The molecular weight excluding hydrogens is 282 g/mol. The average Bonchev–Trinajstić information content (AvgIpc) is 2.81. The second kappa shape index (κ2) is 5.43. The maximum Gasteiger partial charge on any atom is 0.352 e. The van der Waals surface area contributed by atoms with Gasteiger partial charge < -0.3 is 9.67 Å². The number of aromatic nitrogens is 2. The molecule has 8 heteroatoms. The highest BCUT2D eigenvalue weighted by Crippen LogP contribution is 2.13. The first-order chi connectivity index (χ1) is 9.40. The van der Waals surface area contributed by atoms with Crippen molar-refractivity contribution in [2.75, 3.05) is 0 Å². The summed E-state index contributed by atoms with van der Waals surface area (Å²) in [6.07, 6.45) is 4.40. The summed E-state index contributed by atoms with van der Waals surface area (Å²) in [6.45, 7) is 0.0907. The van der Waals surface area contributed by atoms with Gasteiger partial charge in [-0.25, -0.2) is 17.9 Å². The number of nitrogens with zero attached hydrogens (tertiary/aromatic N) is 2. The van der Waals surface area contributed by atoms with Crippen molar-refractivity contribution in [1.82, 2.24) is 14.3 Å². The van der Waals surface area contributed by atoms with Crippen molar-refractivity contribution >= 4 is 16.0 Å². The van der Waals surface area contributed by atoms with E-state index >= 15 is 0 Å². The number of hydrogen-bond acceptors (Lipinski definition) is 4. The van der Waals surface area contributed by atoms with Crippen LogP contribution in [0.4, 0.5) is 0 Å². The number of pyridine rings is 1. The molecule has 2 aromatic heterocycles. The van der Waals surface area contributed by atoms with Gasteiger partial charge in [-0.05, 0) is 17.7 Å². The number of nitrogens with one attached hydrogen (secondary N) is 1. The molecule has 0 aromatic carbocycles. The van der Waals surface area contributed by atoms with E-state index in [4.69, 9.17) is 5.11 Å². The van der Waals surface area contributed by atoms with Gasteiger partial charge in [-0.15, -0.1) is 0 Å². The van der Waals surface area contributed by atoms with Crippen LogP contribution in [0.5, 0.6) is 0 Å². The molecular formula is C12H13N3O4S. The van der Waals surface area contributed by atoms with Crippen LogP contribution in [0.1, 0.15) is 16.1 Å². The molecule has 0 saturated heterocycles. The van der Waals surface area contributed by atoms with Gasteiger partial charge in [-0.1, -0.05) is 6.07 Å². The largest absolute Gasteiger partial charge is 0.477 e. The Bertz CT molecular complexity index is 722. The zero-order valence-corrected chi connectivity index (χ0v) is 11.5. The molecule has 7 nitrogen and oxygen atoms in total. The van der Waals surface area contributed by atoms with Crippen LogP contribution in [0.2, 0.25) is 0 Å². The second-order valence-electron chi connectivity index (χ2n) is 4.16. The van der Waals surface area contributed by atoms with Crippen molar-refractivity contribution in [1.29, 1.82) is 0 Å². The molecule has 0 saturated carbocycles. The number of carboxylic acid groups (broad SMARTS) is 1. The third-order valence-corrected chi connectivity index (χ3v) is 4.07. The molecule has 0 amide bonds. The molecule has 0 aliphatic heterocycles. The van der Waals surface area contributed by atoms with Crippen molar-refractivity contribution in [2.45, 2.75) is 11.4 Å². The van der Waals surface area contributed by atoms with Crippen molar-refractivity contribution in [3.8, 4) is 0 Å². The number of carboxylic acids is 1. The highest BCUT2D eigenvalue weighted by molar-refractivity contribution is 7.89. The molecule has 2 aromatic rings. The molecule has 0 radical (unpaired) electrons. The molecule has 0 bridgehead atoms. The maximum absolute atomic E-state index is 12.1. The molecule has 0 aliphatic rings. The smallest absolute Gasteiger partial charge is 0.352 e. The van der Waals surface area contributed by atoms with Crippen LogP contribution >= 0.6 is 0 Å². The van der Waals surface area contributed by atoms with Gasteiger partial charge in [0, 0.05) is 32.2 Å². The fourth-order valence-electron chi connectivity index (χ4n) is 1.66. The molecule has 2 heterocycles. The molecule has 2 rings (SSSR count). The van der Waals surface area contributed by atoms with E-state index in [-0.39, 0.29) is 17.1 Å². The predicted molar refractivity (Wildman–Crippen MR) is 70.6 cm³/mol. The van der Waals surface area contributed by atoms with E-state index in [1.54, 1.807) is 24.5 Å². The van der Waals surface area contributed by atoms with Crippen LogP contribution in [0.3, 0.4) is 0 Å². The minimum atomic E-state index is -3.76. The van der Waals surface area contributed by atoms with E-state index < -0.39 is 16.0 Å². The summed E-state index contributed by atoms with van der Waals surface area (Å²) in [6, 6.07) is 4.56. The van der Waals surface area contributed by atoms with Crippen LogP contribution in [-0.2, 0) is 23.6 Å². The van der Waals surface area contributed by atoms with E-state index in [0.717, 1.165) is 6.07 Å². The first kappa shape index (κ1) is 14.2. The lowest BCUT2D eigenvalue weighted by Crippen LogP contribution is -2.22. The first-order valence-electron chi connectivity index (χ1n) is 5.68. The molecule has 0 fully saturated rings. The predicted octanol–water partition coefficient (Wildman–Crippen LogP) is 0.597. The third kappa shape index (κ3) is 3.03. The Hall–Kier alpha value is -2.19. The summed E-state index contributed by atoms with van der Waals surface area (Å²) >= 11 is 0. The van der Waals surface area contributed by atoms with Crippen LogP contribution < -0.4 is 4.72 Å². The second-order valence-corrected chi connectivity index (χ2v) is 5.93. The molecule has 0 atom stereocenters. The van der Waals surface area contributed by atoms with E-state index in [2.05, 4.69) is 9.71 Å². The zero-order chi connectivity index (χ0) is 14.8. The van der Waals surface area contributed by atoms with Gasteiger partial charge >= 0.3 is 5.97 Å². The van der Waals surface area contributed by atoms with Gasteiger partial charge in [0.1, 0.15) is 10.6 Å². The lowest BCUT2D eigenvalue weighted by Gasteiger charge is -2.04. The Morgan fingerprint density at radius 2 is 2.25 bits per heavy atom. The topological polar surface area (TPSA) is 101 Å². The molecule has 2 N–H and O–H groups in total. The fraction of sp³-hybridized carbons (Fsp3) is 0.167. The monoisotopic (exact) mass is 295 g/mol. The highest BCUT2D eigenvalue weighted by Gasteiger charge is 2.19. The fourth-order valence-corrected chi connectivity index (χ4v) is 2.75. The standard InChI is InChI=1S/C12H13N3O4S/c1-15-8-10(5-11(15)12(16)17)20(18,19)14-7-9-3-2-4-13-6-9/h2-6,8,14H,7H2,1H3,(H,16,17). The van der Waals surface area contributed by atoms with Crippen LogP contribution in [0.25, 0.3) is 0 Å². The van der Waals surface area contributed by atoms with Crippen molar-refractivity contribution in [3.63, 3.8) is 0 Å². The van der Waals surface area contributed by atoms with Gasteiger partial charge in [0.25, 0.3) is 0 Å². The van der Waals surface area contributed by atoms with Gasteiger partial charge in [0.2, 0.25) is 10.0 Å². The number of aromatic carboxylic acids is 1. The molecule has 106 valence electrons. The Morgan fingerprint density at radius 1 is 1.50 bits per heavy atom. The van der Waals surface area contributed by atoms with Crippen LogP contribution in [0.15, 0.2) is 41.7 Å². The quantitative estimate of drug-likeness (QED) is 0.841. The molecule has 0 unspecified atom stereocenters. The molecule has 0 aliphatic carbocycles. The number of hydrogen-bond donors (Lipinski definition) is 2. The average molecular weight is 295 g/mol. The van der Waals surface area contributed by atoms with Gasteiger partial charge in [0.15, 0.2) is 0 Å². The number of carbonyl (C=O) groups is 1. The third-order valence-electron chi connectivity index (χ3n) is 2.70. The van der Waals surface area contributed by atoms with E-state index in [1.165, 1.54) is 17.8 Å². The number of sulfonamides is 1. The summed E-state index contributed by atoms with van der Waals surface area (Å²) in [7, 11) is -2.28. The van der Waals surface area contributed by atoms with Gasteiger partial charge in [-0.2, -0.15) is 0 Å². The summed E-state index contributed by atoms with van der Waals surface area (Å²) in [5.74, 6) is -1.18. The number of rotatable bonds is 5. The minimum absolute atomic E-state index is 0.0821. The zero-order valence-electron chi connectivity index (χ0n) is 10.6. The van der Waals surface area contributed by atoms with Crippen LogP contribution in [0, 0.1) is 0 Å². The number of aryl methyl sites for hydroxylation is 1.